The highest BCUT2D eigenvalue weighted by molar-refractivity contribution is 5.89. The molecule has 1 N–H and O–H groups in total. The summed E-state index contributed by atoms with van der Waals surface area (Å²) in [5.41, 5.74) is 0.836. The smallest absolute Gasteiger partial charge is 0.342 e. The Morgan fingerprint density at radius 2 is 2.00 bits per heavy atom. The van der Waals surface area contributed by atoms with Crippen LogP contribution in [-0.2, 0) is 6.61 Å². The summed E-state index contributed by atoms with van der Waals surface area (Å²) in [7, 11) is 1.59. The quantitative estimate of drug-likeness (QED) is 0.898. The van der Waals surface area contributed by atoms with Crippen molar-refractivity contribution in [3.8, 4) is 11.6 Å². The predicted octanol–water partition coefficient (Wildman–Crippen LogP) is 2.07. The van der Waals surface area contributed by atoms with E-state index in [1.54, 1.807) is 14.0 Å². The normalized spacial score (nSPS) is 10.1. The number of carbonyl (C=O) groups is 1. The summed E-state index contributed by atoms with van der Waals surface area (Å²) in [4.78, 5) is 18.9. The van der Waals surface area contributed by atoms with Crippen LogP contribution >= 0.6 is 0 Å². The zero-order valence-corrected chi connectivity index (χ0v) is 11.2. The highest BCUT2D eigenvalue weighted by Crippen LogP contribution is 2.17. The van der Waals surface area contributed by atoms with Crippen molar-refractivity contribution in [3.63, 3.8) is 0 Å². The first-order valence-corrected chi connectivity index (χ1v) is 5.93. The standard InChI is InChI=1S/C14H14N2O4/c1-9-15-7-12(14(17)18)13(16-9)20-8-10-3-5-11(19-2)6-4-10/h3-7H,8H2,1-2H3,(H,17,18). The van der Waals surface area contributed by atoms with Gasteiger partial charge < -0.3 is 14.6 Å². The summed E-state index contributed by atoms with van der Waals surface area (Å²) in [6.45, 7) is 1.90. The van der Waals surface area contributed by atoms with E-state index in [4.69, 9.17) is 14.6 Å². The molecule has 0 amide bonds. The number of aromatic nitrogens is 2. The van der Waals surface area contributed by atoms with Gasteiger partial charge in [-0.25, -0.2) is 9.78 Å². The molecule has 0 radical (unpaired) electrons. The van der Waals surface area contributed by atoms with Crippen LogP contribution in [-0.4, -0.2) is 28.2 Å². The minimum atomic E-state index is -1.12. The number of hydrogen-bond acceptors (Lipinski definition) is 5. The molecule has 2 rings (SSSR count). The molecule has 1 aromatic carbocycles. The molecule has 6 nitrogen and oxygen atoms in total. The van der Waals surface area contributed by atoms with E-state index in [0.717, 1.165) is 11.3 Å². The van der Waals surface area contributed by atoms with Gasteiger partial charge in [0.05, 0.1) is 7.11 Å². The topological polar surface area (TPSA) is 81.5 Å². The number of carboxylic acids is 1. The Morgan fingerprint density at radius 3 is 2.60 bits per heavy atom. The number of aryl methyl sites for hydroxylation is 1. The van der Waals surface area contributed by atoms with Crippen LogP contribution in [0.3, 0.4) is 0 Å². The van der Waals surface area contributed by atoms with Crippen molar-refractivity contribution in [2.45, 2.75) is 13.5 Å². The van der Waals surface area contributed by atoms with Crippen LogP contribution in [0.1, 0.15) is 21.7 Å². The molecule has 0 aliphatic heterocycles. The van der Waals surface area contributed by atoms with Crippen LogP contribution in [0.5, 0.6) is 11.6 Å². The van der Waals surface area contributed by atoms with E-state index in [1.165, 1.54) is 6.20 Å². The van der Waals surface area contributed by atoms with Crippen molar-refractivity contribution in [3.05, 3.63) is 47.4 Å². The minimum Gasteiger partial charge on any atom is -0.497 e. The number of methoxy groups -OCH3 is 1. The molecule has 20 heavy (non-hydrogen) atoms. The lowest BCUT2D eigenvalue weighted by Gasteiger charge is -2.08. The Bertz CT molecular complexity index is 611. The highest BCUT2D eigenvalue weighted by atomic mass is 16.5. The molecule has 0 fully saturated rings. The largest absolute Gasteiger partial charge is 0.497 e. The molecule has 0 unspecified atom stereocenters. The summed E-state index contributed by atoms with van der Waals surface area (Å²) in [5.74, 6) is 0.160. The molecule has 104 valence electrons. The Kier molecular flexibility index (Phi) is 4.14. The monoisotopic (exact) mass is 274 g/mol. The van der Waals surface area contributed by atoms with Gasteiger partial charge in [-0.15, -0.1) is 0 Å². The van der Waals surface area contributed by atoms with Gasteiger partial charge in [0.1, 0.15) is 23.7 Å². The number of rotatable bonds is 5. The Labute approximate surface area is 116 Å². The number of aromatic carboxylic acids is 1. The number of ether oxygens (including phenoxy) is 2. The maximum Gasteiger partial charge on any atom is 0.342 e. The van der Waals surface area contributed by atoms with Gasteiger partial charge >= 0.3 is 5.97 Å². The first kappa shape index (κ1) is 13.8. The maximum absolute atomic E-state index is 11.1. The fourth-order valence-corrected chi connectivity index (χ4v) is 1.58. The molecule has 0 spiro atoms. The van der Waals surface area contributed by atoms with Crippen LogP contribution in [0.15, 0.2) is 30.5 Å². The Hall–Kier alpha value is -2.63. The molecule has 0 aliphatic rings. The van der Waals surface area contributed by atoms with E-state index in [9.17, 15) is 4.79 Å². The van der Waals surface area contributed by atoms with Gasteiger partial charge in [-0.05, 0) is 24.6 Å². The van der Waals surface area contributed by atoms with Gasteiger partial charge in [0.2, 0.25) is 5.88 Å². The van der Waals surface area contributed by atoms with Gasteiger partial charge in [-0.2, -0.15) is 4.98 Å². The molecule has 0 saturated carbocycles. The molecule has 0 bridgehead atoms. The minimum absolute atomic E-state index is 0.0517. The van der Waals surface area contributed by atoms with E-state index >= 15 is 0 Å². The number of benzene rings is 1. The summed E-state index contributed by atoms with van der Waals surface area (Å²) < 4.78 is 10.5. The second-order valence-electron chi connectivity index (χ2n) is 4.08. The van der Waals surface area contributed by atoms with E-state index in [0.29, 0.717) is 5.82 Å². The summed E-state index contributed by atoms with van der Waals surface area (Å²) in [6, 6.07) is 7.30. The van der Waals surface area contributed by atoms with Gasteiger partial charge in [0, 0.05) is 6.20 Å². The van der Waals surface area contributed by atoms with Crippen molar-refractivity contribution in [2.75, 3.05) is 7.11 Å². The second-order valence-corrected chi connectivity index (χ2v) is 4.08. The van der Waals surface area contributed by atoms with E-state index in [1.807, 2.05) is 24.3 Å². The van der Waals surface area contributed by atoms with Crippen LogP contribution in [0.25, 0.3) is 0 Å². The van der Waals surface area contributed by atoms with E-state index in [-0.39, 0.29) is 18.1 Å². The molecule has 0 saturated heterocycles. The number of nitrogens with zero attached hydrogens (tertiary/aromatic N) is 2. The maximum atomic E-state index is 11.1. The number of hydrogen-bond donors (Lipinski definition) is 1. The molecule has 1 heterocycles. The molecular formula is C14H14N2O4. The summed E-state index contributed by atoms with van der Waals surface area (Å²) >= 11 is 0. The van der Waals surface area contributed by atoms with Crippen molar-refractivity contribution >= 4 is 5.97 Å². The Morgan fingerprint density at radius 1 is 1.30 bits per heavy atom. The first-order chi connectivity index (χ1) is 9.60. The van der Waals surface area contributed by atoms with Gasteiger partial charge in [0.15, 0.2) is 0 Å². The van der Waals surface area contributed by atoms with Crippen LogP contribution in [0, 0.1) is 6.92 Å². The third kappa shape index (κ3) is 3.23. The second kappa shape index (κ2) is 6.01. The predicted molar refractivity (Wildman–Crippen MR) is 71.1 cm³/mol. The lowest BCUT2D eigenvalue weighted by Crippen LogP contribution is -2.07. The van der Waals surface area contributed by atoms with E-state index < -0.39 is 5.97 Å². The zero-order chi connectivity index (χ0) is 14.5. The SMILES string of the molecule is COc1ccc(COc2nc(C)ncc2C(=O)O)cc1. The van der Waals surface area contributed by atoms with Gasteiger partial charge in [-0.3, -0.25) is 0 Å². The van der Waals surface area contributed by atoms with Crippen molar-refractivity contribution in [2.24, 2.45) is 0 Å². The van der Waals surface area contributed by atoms with Crippen LogP contribution in [0.4, 0.5) is 0 Å². The van der Waals surface area contributed by atoms with Gasteiger partial charge in [0.25, 0.3) is 0 Å². The summed E-state index contributed by atoms with van der Waals surface area (Å²) in [5, 5.41) is 9.05. The Balaban J connectivity index is 2.13. The average Bonchev–Trinajstić information content (AvgIpc) is 2.45. The summed E-state index contributed by atoms with van der Waals surface area (Å²) in [6.07, 6.45) is 1.24. The average molecular weight is 274 g/mol. The molecule has 0 atom stereocenters. The lowest BCUT2D eigenvalue weighted by molar-refractivity contribution is 0.0690. The first-order valence-electron chi connectivity index (χ1n) is 5.93. The van der Waals surface area contributed by atoms with Crippen molar-refractivity contribution < 1.29 is 19.4 Å². The van der Waals surface area contributed by atoms with E-state index in [2.05, 4.69) is 9.97 Å². The third-order valence-corrected chi connectivity index (χ3v) is 2.64. The third-order valence-electron chi connectivity index (χ3n) is 2.64. The van der Waals surface area contributed by atoms with Crippen molar-refractivity contribution in [1.29, 1.82) is 0 Å². The lowest BCUT2D eigenvalue weighted by atomic mass is 10.2. The fourth-order valence-electron chi connectivity index (χ4n) is 1.58. The van der Waals surface area contributed by atoms with Crippen LogP contribution < -0.4 is 9.47 Å². The number of carboxylic acid groups (broad SMARTS) is 1. The molecular weight excluding hydrogens is 260 g/mol. The highest BCUT2D eigenvalue weighted by Gasteiger charge is 2.14. The molecule has 6 heteroatoms. The molecule has 0 aliphatic carbocycles. The fraction of sp³-hybridized carbons (Fsp3) is 0.214. The van der Waals surface area contributed by atoms with Crippen LogP contribution in [0.2, 0.25) is 0 Å². The van der Waals surface area contributed by atoms with Crippen molar-refractivity contribution in [1.82, 2.24) is 9.97 Å². The zero-order valence-electron chi connectivity index (χ0n) is 11.2. The molecule has 2 aromatic rings. The molecule has 1 aromatic heterocycles. The van der Waals surface area contributed by atoms with Gasteiger partial charge in [-0.1, -0.05) is 12.1 Å².